The van der Waals surface area contributed by atoms with Crippen molar-refractivity contribution >= 4 is 21.6 Å². The van der Waals surface area contributed by atoms with E-state index in [9.17, 15) is 22.0 Å². The fourth-order valence-corrected chi connectivity index (χ4v) is 5.95. The van der Waals surface area contributed by atoms with Crippen molar-refractivity contribution in [2.24, 2.45) is 0 Å². The van der Waals surface area contributed by atoms with Gasteiger partial charge in [-0.2, -0.15) is 0 Å². The number of piperidine rings is 1. The summed E-state index contributed by atoms with van der Waals surface area (Å²) in [5, 5.41) is -0.770. The number of rotatable bonds is 3. The highest BCUT2D eigenvalue weighted by atomic mass is 32.2. The Balaban J connectivity index is 1.57. The molecule has 1 fully saturated rings. The Labute approximate surface area is 162 Å². The number of anilines is 1. The smallest absolute Gasteiger partial charge is 0.256 e. The molecule has 1 saturated heterocycles. The van der Waals surface area contributed by atoms with E-state index in [-0.39, 0.29) is 12.1 Å². The van der Waals surface area contributed by atoms with Crippen LogP contribution in [0.15, 0.2) is 42.5 Å². The first-order chi connectivity index (χ1) is 13.4. The normalized spacial score (nSPS) is 19.6. The number of hydrogen-bond donors (Lipinski definition) is 0. The molecule has 2 aliphatic heterocycles. The number of carbonyl (C=O) groups excluding carboxylic acids is 1. The van der Waals surface area contributed by atoms with Crippen LogP contribution in [0.5, 0.6) is 0 Å². The maximum absolute atomic E-state index is 14.0. The van der Waals surface area contributed by atoms with E-state index in [4.69, 9.17) is 0 Å². The number of hydrogen-bond acceptors (Lipinski definition) is 3. The van der Waals surface area contributed by atoms with Gasteiger partial charge >= 0.3 is 0 Å². The summed E-state index contributed by atoms with van der Waals surface area (Å²) in [6.45, 7) is 0.665. The second kappa shape index (κ2) is 7.16. The first-order valence-corrected chi connectivity index (χ1v) is 10.7. The molecule has 2 aromatic rings. The second-order valence-corrected chi connectivity index (χ2v) is 9.25. The third kappa shape index (κ3) is 3.15. The van der Waals surface area contributed by atoms with Crippen molar-refractivity contribution in [3.05, 3.63) is 65.2 Å². The van der Waals surface area contributed by atoms with Gasteiger partial charge in [0.25, 0.3) is 5.91 Å². The third-order valence-electron chi connectivity index (χ3n) is 5.42. The summed E-state index contributed by atoms with van der Waals surface area (Å²) in [4.78, 5) is 14.0. The lowest BCUT2D eigenvalue weighted by Crippen LogP contribution is -2.49. The van der Waals surface area contributed by atoms with Gasteiger partial charge in [-0.25, -0.2) is 17.2 Å². The molecule has 1 amide bonds. The number of halogens is 2. The third-order valence-corrected chi connectivity index (χ3v) is 7.64. The summed E-state index contributed by atoms with van der Waals surface area (Å²) in [6.07, 6.45) is 1.57. The second-order valence-electron chi connectivity index (χ2n) is 7.11. The molecule has 0 aromatic heterocycles. The Hall–Kier alpha value is -2.48. The van der Waals surface area contributed by atoms with E-state index >= 15 is 0 Å². The van der Waals surface area contributed by atoms with Crippen molar-refractivity contribution in [3.8, 4) is 0 Å². The van der Waals surface area contributed by atoms with Crippen LogP contribution in [0.3, 0.4) is 0 Å². The Kier molecular flexibility index (Phi) is 4.82. The van der Waals surface area contributed by atoms with E-state index in [2.05, 4.69) is 0 Å². The highest BCUT2D eigenvalue weighted by Gasteiger charge is 2.39. The van der Waals surface area contributed by atoms with Gasteiger partial charge in [0, 0.05) is 19.6 Å². The molecule has 8 heteroatoms. The highest BCUT2D eigenvalue weighted by molar-refractivity contribution is 7.93. The fraction of sp³-hybridized carbons (Fsp3) is 0.350. The maximum Gasteiger partial charge on any atom is 0.256 e. The molecule has 2 aromatic carbocycles. The summed E-state index contributed by atoms with van der Waals surface area (Å²) in [5.41, 5.74) is 1.29. The topological polar surface area (TPSA) is 57.7 Å². The Bertz CT molecular complexity index is 1030. The zero-order chi connectivity index (χ0) is 19.9. The van der Waals surface area contributed by atoms with Gasteiger partial charge in [-0.1, -0.05) is 24.3 Å². The van der Waals surface area contributed by atoms with E-state index < -0.39 is 32.8 Å². The van der Waals surface area contributed by atoms with Crippen LogP contribution in [0.2, 0.25) is 0 Å². The SMILES string of the molecule is O=C(c1cccc(F)c1F)N1CCCC(S(=O)(=O)N2CCc3ccccc32)C1. The number of carbonyl (C=O) groups is 1. The van der Waals surface area contributed by atoms with E-state index in [0.29, 0.717) is 38.0 Å². The number of benzene rings is 2. The Morgan fingerprint density at radius 3 is 2.64 bits per heavy atom. The van der Waals surface area contributed by atoms with Gasteiger partial charge in [-0.3, -0.25) is 9.10 Å². The monoisotopic (exact) mass is 406 g/mol. The summed E-state index contributed by atoms with van der Waals surface area (Å²) in [5.74, 6) is -2.98. The number of likely N-dealkylation sites (tertiary alicyclic amines) is 1. The standard InChI is InChI=1S/C20H20F2N2O3S/c21-17-8-3-7-16(19(17)22)20(25)23-11-4-6-15(13-23)28(26,27)24-12-10-14-5-1-2-9-18(14)24/h1-3,5,7-9,15H,4,6,10-13H2. The molecular weight excluding hydrogens is 386 g/mol. The summed E-state index contributed by atoms with van der Waals surface area (Å²) in [7, 11) is -3.67. The molecule has 0 spiro atoms. The minimum absolute atomic E-state index is 0.0320. The molecule has 0 bridgehead atoms. The maximum atomic E-state index is 14.0. The van der Waals surface area contributed by atoms with Gasteiger partial charge in [0.15, 0.2) is 11.6 Å². The first kappa shape index (κ1) is 18.9. The van der Waals surface area contributed by atoms with E-state index in [1.54, 1.807) is 12.1 Å². The van der Waals surface area contributed by atoms with E-state index in [1.165, 1.54) is 21.3 Å². The fourth-order valence-electron chi connectivity index (χ4n) is 3.96. The van der Waals surface area contributed by atoms with Crippen molar-refractivity contribution < 1.29 is 22.0 Å². The van der Waals surface area contributed by atoms with Gasteiger partial charge in [0.05, 0.1) is 16.5 Å². The van der Waals surface area contributed by atoms with Crippen molar-refractivity contribution in [2.75, 3.05) is 23.9 Å². The first-order valence-electron chi connectivity index (χ1n) is 9.22. The van der Waals surface area contributed by atoms with Crippen LogP contribution in [-0.4, -0.2) is 44.1 Å². The Morgan fingerprint density at radius 1 is 1.04 bits per heavy atom. The minimum Gasteiger partial charge on any atom is -0.337 e. The van der Waals surface area contributed by atoms with E-state index in [0.717, 1.165) is 11.6 Å². The summed E-state index contributed by atoms with van der Waals surface area (Å²) >= 11 is 0. The lowest BCUT2D eigenvalue weighted by Gasteiger charge is -2.35. The number of amides is 1. The molecule has 0 aliphatic carbocycles. The van der Waals surface area contributed by atoms with Gasteiger partial charge < -0.3 is 4.90 Å². The molecule has 2 aliphatic rings. The molecule has 2 heterocycles. The highest BCUT2D eigenvalue weighted by Crippen LogP contribution is 2.33. The molecular formula is C20H20F2N2O3S. The molecule has 5 nitrogen and oxygen atoms in total. The van der Waals surface area contributed by atoms with Gasteiger partial charge in [-0.05, 0) is 43.0 Å². The molecule has 1 atom stereocenters. The zero-order valence-electron chi connectivity index (χ0n) is 15.1. The van der Waals surface area contributed by atoms with Crippen LogP contribution in [0.1, 0.15) is 28.8 Å². The van der Waals surface area contributed by atoms with Crippen LogP contribution in [0.25, 0.3) is 0 Å². The predicted molar refractivity (Wildman–Crippen MR) is 102 cm³/mol. The van der Waals surface area contributed by atoms with Crippen LogP contribution < -0.4 is 4.31 Å². The van der Waals surface area contributed by atoms with Crippen molar-refractivity contribution in [2.45, 2.75) is 24.5 Å². The predicted octanol–water partition coefficient (Wildman–Crippen LogP) is 2.96. The van der Waals surface area contributed by atoms with Crippen LogP contribution in [0, 0.1) is 11.6 Å². The number of fused-ring (bicyclic) bond motifs is 1. The molecule has 4 rings (SSSR count). The van der Waals surface area contributed by atoms with Gasteiger partial charge in [-0.15, -0.1) is 0 Å². The average Bonchev–Trinajstić information content (AvgIpc) is 3.15. The van der Waals surface area contributed by atoms with Gasteiger partial charge in [0.2, 0.25) is 10.0 Å². The molecule has 148 valence electrons. The van der Waals surface area contributed by atoms with Gasteiger partial charge in [0.1, 0.15) is 0 Å². The summed E-state index contributed by atoms with van der Waals surface area (Å²) in [6, 6.07) is 10.8. The van der Waals surface area contributed by atoms with Crippen LogP contribution in [-0.2, 0) is 16.4 Å². The number of para-hydroxylation sites is 1. The van der Waals surface area contributed by atoms with Crippen molar-refractivity contribution in [3.63, 3.8) is 0 Å². The molecule has 28 heavy (non-hydrogen) atoms. The molecule has 0 radical (unpaired) electrons. The largest absolute Gasteiger partial charge is 0.337 e. The minimum atomic E-state index is -3.67. The van der Waals surface area contributed by atoms with Crippen molar-refractivity contribution in [1.82, 2.24) is 4.90 Å². The quantitative estimate of drug-likeness (QED) is 0.788. The number of nitrogens with zero attached hydrogens (tertiary/aromatic N) is 2. The molecule has 1 unspecified atom stereocenters. The van der Waals surface area contributed by atoms with Crippen LogP contribution in [0.4, 0.5) is 14.5 Å². The number of sulfonamides is 1. The molecule has 0 N–H and O–H groups in total. The lowest BCUT2D eigenvalue weighted by molar-refractivity contribution is 0.0721. The Morgan fingerprint density at radius 2 is 1.82 bits per heavy atom. The lowest BCUT2D eigenvalue weighted by atomic mass is 10.1. The zero-order valence-corrected chi connectivity index (χ0v) is 16.0. The van der Waals surface area contributed by atoms with Crippen molar-refractivity contribution in [1.29, 1.82) is 0 Å². The van der Waals surface area contributed by atoms with E-state index in [1.807, 2.05) is 12.1 Å². The van der Waals surface area contributed by atoms with Crippen LogP contribution >= 0.6 is 0 Å². The average molecular weight is 406 g/mol. The summed E-state index contributed by atoms with van der Waals surface area (Å²) < 4.78 is 55.4. The molecule has 0 saturated carbocycles.